The van der Waals surface area contributed by atoms with Crippen LogP contribution in [0.2, 0.25) is 0 Å². The predicted octanol–water partition coefficient (Wildman–Crippen LogP) is 11.6. The van der Waals surface area contributed by atoms with Crippen molar-refractivity contribution < 1.29 is 63.1 Å². The molecule has 0 heterocycles. The predicted molar refractivity (Wildman–Crippen MR) is 258 cm³/mol. The molecular formula is C51H99O13P. The molecule has 1 aliphatic carbocycles. The Labute approximate surface area is 395 Å². The fraction of sp³-hybridized carbons (Fsp3) is 0.961. The van der Waals surface area contributed by atoms with Gasteiger partial charge >= 0.3 is 19.8 Å². The second-order valence-corrected chi connectivity index (χ2v) is 20.5. The highest BCUT2D eigenvalue weighted by Gasteiger charge is 2.51. The zero-order chi connectivity index (χ0) is 47.8. The molecule has 0 saturated heterocycles. The number of phosphoric ester groups is 1. The average Bonchev–Trinajstić information content (AvgIpc) is 3.29. The van der Waals surface area contributed by atoms with Gasteiger partial charge in [-0.05, 0) is 12.8 Å². The molecule has 6 N–H and O–H groups in total. The Morgan fingerprint density at radius 1 is 0.415 bits per heavy atom. The molecule has 1 saturated carbocycles. The Hall–Kier alpha value is -1.15. The molecule has 13 nitrogen and oxygen atoms in total. The van der Waals surface area contributed by atoms with Gasteiger partial charge in [0.1, 0.15) is 43.2 Å². The maximum atomic E-state index is 12.9. The summed E-state index contributed by atoms with van der Waals surface area (Å²) in [5, 5.41) is 50.3. The quantitative estimate of drug-likeness (QED) is 0.0191. The van der Waals surface area contributed by atoms with Gasteiger partial charge in [-0.1, -0.05) is 232 Å². The van der Waals surface area contributed by atoms with E-state index in [9.17, 15) is 44.6 Å². The van der Waals surface area contributed by atoms with Crippen molar-refractivity contribution in [3.63, 3.8) is 0 Å². The first kappa shape index (κ1) is 61.9. The van der Waals surface area contributed by atoms with E-state index in [1.54, 1.807) is 0 Å². The summed E-state index contributed by atoms with van der Waals surface area (Å²) in [6.07, 6.45) is 31.5. The molecule has 0 aromatic rings. The van der Waals surface area contributed by atoms with Crippen molar-refractivity contribution >= 4 is 19.8 Å². The lowest BCUT2D eigenvalue weighted by Gasteiger charge is -2.41. The summed E-state index contributed by atoms with van der Waals surface area (Å²) < 4.78 is 33.7. The fourth-order valence-electron chi connectivity index (χ4n) is 8.64. The summed E-state index contributed by atoms with van der Waals surface area (Å²) in [5.41, 5.74) is 0. The molecule has 0 spiro atoms. The van der Waals surface area contributed by atoms with Crippen LogP contribution >= 0.6 is 7.82 Å². The van der Waals surface area contributed by atoms with Crippen molar-refractivity contribution in [2.75, 3.05) is 13.2 Å². The van der Waals surface area contributed by atoms with Gasteiger partial charge in [-0.15, -0.1) is 0 Å². The van der Waals surface area contributed by atoms with Gasteiger partial charge in [0.05, 0.1) is 6.61 Å². The summed E-state index contributed by atoms with van der Waals surface area (Å²) in [4.78, 5) is 35.8. The van der Waals surface area contributed by atoms with Gasteiger partial charge in [-0.2, -0.15) is 0 Å². The van der Waals surface area contributed by atoms with Crippen LogP contribution in [0.1, 0.15) is 258 Å². The fourth-order valence-corrected chi connectivity index (χ4v) is 9.62. The minimum absolute atomic E-state index is 0.106. The first-order chi connectivity index (χ1) is 31.4. The number of carbonyl (C=O) groups excluding carboxylic acids is 2. The van der Waals surface area contributed by atoms with E-state index in [4.69, 9.17) is 18.5 Å². The van der Waals surface area contributed by atoms with Crippen LogP contribution in [-0.4, -0.2) is 98.3 Å². The summed E-state index contributed by atoms with van der Waals surface area (Å²) in [6.45, 7) is 3.36. The number of ether oxygens (including phenoxy) is 2. The molecule has 0 aliphatic heterocycles. The Balaban J connectivity index is 2.35. The van der Waals surface area contributed by atoms with Gasteiger partial charge in [0, 0.05) is 12.8 Å². The van der Waals surface area contributed by atoms with Gasteiger partial charge in [0.15, 0.2) is 6.10 Å². The Bertz CT molecular complexity index is 1150. The van der Waals surface area contributed by atoms with Crippen molar-refractivity contribution in [2.24, 2.45) is 0 Å². The van der Waals surface area contributed by atoms with E-state index in [0.717, 1.165) is 38.5 Å². The molecule has 0 amide bonds. The third-order valence-corrected chi connectivity index (χ3v) is 13.9. The standard InChI is InChI=1S/C51H99O13P/c1-3-5-7-9-11-13-15-17-19-20-21-22-23-24-26-28-30-32-34-36-38-40-45(53)63-43(42-62-65(59,60)64-51-49(57)47(55)46(54)48(56)50(51)58)41-61-44(52)39-37-35-33-31-29-27-25-18-16-14-12-10-8-6-4-2/h43,46-51,54-58H,3-42H2,1-2H3,(H,59,60). The van der Waals surface area contributed by atoms with E-state index in [2.05, 4.69) is 13.8 Å². The lowest BCUT2D eigenvalue weighted by molar-refractivity contribution is -0.220. The van der Waals surface area contributed by atoms with Crippen LogP contribution in [0.5, 0.6) is 0 Å². The first-order valence-corrected chi connectivity index (χ1v) is 28.3. The first-order valence-electron chi connectivity index (χ1n) is 26.8. The summed E-state index contributed by atoms with van der Waals surface area (Å²) >= 11 is 0. The number of carbonyl (C=O) groups is 2. The highest BCUT2D eigenvalue weighted by atomic mass is 31.2. The normalized spacial score (nSPS) is 21.3. The molecule has 1 rings (SSSR count). The smallest absolute Gasteiger partial charge is 0.462 e. The van der Waals surface area contributed by atoms with E-state index >= 15 is 0 Å². The molecule has 0 radical (unpaired) electrons. The van der Waals surface area contributed by atoms with Gasteiger partial charge in [-0.3, -0.25) is 18.6 Å². The number of hydrogen-bond donors (Lipinski definition) is 6. The van der Waals surface area contributed by atoms with Crippen molar-refractivity contribution in [1.82, 2.24) is 0 Å². The second-order valence-electron chi connectivity index (χ2n) is 19.1. The third-order valence-electron chi connectivity index (χ3n) is 12.9. The molecule has 6 atom stereocenters. The lowest BCUT2D eigenvalue weighted by Crippen LogP contribution is -2.64. The van der Waals surface area contributed by atoms with Gasteiger partial charge in [-0.25, -0.2) is 4.57 Å². The van der Waals surface area contributed by atoms with Crippen LogP contribution in [0.25, 0.3) is 0 Å². The SMILES string of the molecule is CCCCCCCCCCCCCCCCCCCCCCCC(=O)OC(COC(=O)CCCCCCCCCCCCCCCCC)COP(=O)(O)OC1C(O)C(O)C(O)C(O)C1O. The molecule has 1 fully saturated rings. The molecule has 14 heteroatoms. The highest BCUT2D eigenvalue weighted by molar-refractivity contribution is 7.47. The second kappa shape index (κ2) is 41.8. The molecule has 65 heavy (non-hydrogen) atoms. The van der Waals surface area contributed by atoms with Crippen molar-refractivity contribution in [3.05, 3.63) is 0 Å². The summed E-state index contributed by atoms with van der Waals surface area (Å²) in [6, 6.07) is 0. The summed E-state index contributed by atoms with van der Waals surface area (Å²) in [5.74, 6) is -1.08. The van der Waals surface area contributed by atoms with Crippen LogP contribution in [0.3, 0.4) is 0 Å². The number of phosphoric acid groups is 1. The van der Waals surface area contributed by atoms with E-state index in [-0.39, 0.29) is 12.8 Å². The van der Waals surface area contributed by atoms with Crippen molar-refractivity contribution in [1.29, 1.82) is 0 Å². The van der Waals surface area contributed by atoms with E-state index in [0.29, 0.717) is 12.8 Å². The lowest BCUT2D eigenvalue weighted by atomic mass is 9.85. The number of hydrogen-bond acceptors (Lipinski definition) is 12. The Kier molecular flexibility index (Phi) is 39.8. The van der Waals surface area contributed by atoms with Crippen LogP contribution in [0, 0.1) is 0 Å². The van der Waals surface area contributed by atoms with Crippen LogP contribution in [0.4, 0.5) is 0 Å². The minimum Gasteiger partial charge on any atom is -0.462 e. The molecule has 0 aromatic heterocycles. The largest absolute Gasteiger partial charge is 0.472 e. The van der Waals surface area contributed by atoms with Gasteiger partial charge in [0.25, 0.3) is 0 Å². The molecule has 6 unspecified atom stereocenters. The number of rotatable bonds is 46. The molecular weight excluding hydrogens is 852 g/mol. The van der Waals surface area contributed by atoms with E-state index in [1.165, 1.54) is 180 Å². The molecule has 1 aliphatic rings. The topological polar surface area (TPSA) is 210 Å². The Morgan fingerprint density at radius 2 is 0.692 bits per heavy atom. The zero-order valence-corrected chi connectivity index (χ0v) is 42.2. The maximum absolute atomic E-state index is 12.9. The molecule has 0 bridgehead atoms. The van der Waals surface area contributed by atoms with Crippen LogP contribution in [0.15, 0.2) is 0 Å². The summed E-state index contributed by atoms with van der Waals surface area (Å²) in [7, 11) is -5.11. The van der Waals surface area contributed by atoms with Crippen LogP contribution in [-0.2, 0) is 32.7 Å². The zero-order valence-electron chi connectivity index (χ0n) is 41.3. The van der Waals surface area contributed by atoms with Gasteiger partial charge in [0.2, 0.25) is 0 Å². The number of aliphatic hydroxyl groups is 5. The number of unbranched alkanes of at least 4 members (excludes halogenated alkanes) is 34. The van der Waals surface area contributed by atoms with E-state index < -0.39 is 75.7 Å². The van der Waals surface area contributed by atoms with E-state index in [1.807, 2.05) is 0 Å². The Morgan fingerprint density at radius 3 is 1.02 bits per heavy atom. The minimum atomic E-state index is -5.11. The average molecular weight is 951 g/mol. The van der Waals surface area contributed by atoms with Crippen molar-refractivity contribution in [3.8, 4) is 0 Å². The maximum Gasteiger partial charge on any atom is 0.472 e. The van der Waals surface area contributed by atoms with Crippen molar-refractivity contribution in [2.45, 2.75) is 301 Å². The van der Waals surface area contributed by atoms with Gasteiger partial charge < -0.3 is 39.9 Å². The molecule has 386 valence electrons. The number of esters is 2. The monoisotopic (exact) mass is 951 g/mol. The molecule has 0 aromatic carbocycles. The highest BCUT2D eigenvalue weighted by Crippen LogP contribution is 2.47. The van der Waals surface area contributed by atoms with Crippen LogP contribution < -0.4 is 0 Å². The number of aliphatic hydroxyl groups excluding tert-OH is 5. The third kappa shape index (κ3) is 33.9.